The Labute approximate surface area is 165 Å². The summed E-state index contributed by atoms with van der Waals surface area (Å²) in [6.07, 6.45) is -2.83. The first-order valence-electron chi connectivity index (χ1n) is 9.30. The highest BCUT2D eigenvalue weighted by Crippen LogP contribution is 2.38. The highest BCUT2D eigenvalue weighted by Gasteiger charge is 2.38. The lowest BCUT2D eigenvalue weighted by Gasteiger charge is -2.30. The second kappa shape index (κ2) is 7.09. The average molecular weight is 404 g/mol. The van der Waals surface area contributed by atoms with Gasteiger partial charge >= 0.3 is 6.18 Å². The molecular formula is C21H19F3N2O3. The van der Waals surface area contributed by atoms with Crippen molar-refractivity contribution >= 4 is 17.5 Å². The number of benzene rings is 2. The molecule has 1 heterocycles. The van der Waals surface area contributed by atoms with Crippen molar-refractivity contribution in [1.82, 2.24) is 4.90 Å². The smallest absolute Gasteiger partial charge is 0.416 e. The van der Waals surface area contributed by atoms with Crippen LogP contribution in [0.2, 0.25) is 0 Å². The number of amides is 2. The van der Waals surface area contributed by atoms with Gasteiger partial charge in [-0.1, -0.05) is 12.1 Å². The van der Waals surface area contributed by atoms with Crippen LogP contribution in [0.4, 0.5) is 18.9 Å². The Morgan fingerprint density at radius 2 is 1.97 bits per heavy atom. The van der Waals surface area contributed by atoms with Crippen LogP contribution in [0, 0.1) is 0 Å². The predicted octanol–water partition coefficient (Wildman–Crippen LogP) is 4.40. The summed E-state index contributed by atoms with van der Waals surface area (Å²) < 4.78 is 44.6. The molecule has 1 fully saturated rings. The van der Waals surface area contributed by atoms with E-state index in [1.54, 1.807) is 36.1 Å². The fourth-order valence-corrected chi connectivity index (χ4v) is 3.51. The number of anilines is 1. The third kappa shape index (κ3) is 3.92. The number of hydrogen-bond donors (Lipinski definition) is 1. The van der Waals surface area contributed by atoms with Gasteiger partial charge in [0, 0.05) is 11.6 Å². The van der Waals surface area contributed by atoms with E-state index in [0.717, 1.165) is 25.0 Å². The third-order valence-corrected chi connectivity index (χ3v) is 5.15. The van der Waals surface area contributed by atoms with Gasteiger partial charge in [-0.05, 0) is 55.7 Å². The summed E-state index contributed by atoms with van der Waals surface area (Å²) in [6, 6.07) is 9.28. The fourth-order valence-electron chi connectivity index (χ4n) is 3.51. The van der Waals surface area contributed by atoms with Gasteiger partial charge in [0.25, 0.3) is 11.8 Å². The first-order valence-corrected chi connectivity index (χ1v) is 9.30. The minimum atomic E-state index is -4.44. The Morgan fingerprint density at radius 1 is 1.21 bits per heavy atom. The normalized spacial score (nSPS) is 17.0. The van der Waals surface area contributed by atoms with Gasteiger partial charge in [0.2, 0.25) is 0 Å². The number of halogens is 3. The Balaban J connectivity index is 1.64. The molecule has 1 aliphatic heterocycles. The molecule has 1 saturated carbocycles. The van der Waals surface area contributed by atoms with E-state index in [9.17, 15) is 22.8 Å². The van der Waals surface area contributed by atoms with E-state index < -0.39 is 17.8 Å². The molecule has 152 valence electrons. The second-order valence-corrected chi connectivity index (χ2v) is 7.29. The van der Waals surface area contributed by atoms with E-state index >= 15 is 0 Å². The molecule has 2 amide bonds. The number of carbonyl (C=O) groups is 2. The van der Waals surface area contributed by atoms with Crippen LogP contribution in [0.15, 0.2) is 42.5 Å². The zero-order valence-electron chi connectivity index (χ0n) is 15.6. The van der Waals surface area contributed by atoms with Gasteiger partial charge in [-0.2, -0.15) is 13.2 Å². The lowest BCUT2D eigenvalue weighted by atomic mass is 10.0. The van der Waals surface area contributed by atoms with Crippen LogP contribution >= 0.6 is 0 Å². The van der Waals surface area contributed by atoms with Crippen molar-refractivity contribution < 1.29 is 27.5 Å². The van der Waals surface area contributed by atoms with Gasteiger partial charge in [0.1, 0.15) is 5.75 Å². The number of carbonyl (C=O) groups excluding carboxylic acids is 2. The molecule has 2 aromatic carbocycles. The molecule has 0 saturated heterocycles. The minimum absolute atomic E-state index is 0.0195. The number of hydrogen-bond acceptors (Lipinski definition) is 3. The van der Waals surface area contributed by atoms with Crippen molar-refractivity contribution in [3.63, 3.8) is 0 Å². The predicted molar refractivity (Wildman–Crippen MR) is 99.6 cm³/mol. The van der Waals surface area contributed by atoms with Crippen LogP contribution in [-0.4, -0.2) is 29.4 Å². The summed E-state index contributed by atoms with van der Waals surface area (Å²) in [7, 11) is 0. The van der Waals surface area contributed by atoms with E-state index in [1.165, 1.54) is 6.07 Å². The van der Waals surface area contributed by atoms with Crippen LogP contribution in [0.25, 0.3) is 0 Å². The number of fused-ring (bicyclic) bond motifs is 1. The van der Waals surface area contributed by atoms with Crippen LogP contribution in [0.5, 0.6) is 5.75 Å². The molecule has 29 heavy (non-hydrogen) atoms. The van der Waals surface area contributed by atoms with Crippen LogP contribution in [0.3, 0.4) is 0 Å². The molecule has 1 aliphatic carbocycles. The maximum absolute atomic E-state index is 13.2. The van der Waals surface area contributed by atoms with Gasteiger partial charge in [-0.15, -0.1) is 0 Å². The Morgan fingerprint density at radius 3 is 2.66 bits per heavy atom. The largest absolute Gasteiger partial charge is 0.482 e. The molecule has 1 unspecified atom stereocenters. The van der Waals surface area contributed by atoms with E-state index in [4.69, 9.17) is 4.74 Å². The van der Waals surface area contributed by atoms with E-state index in [-0.39, 0.29) is 24.5 Å². The Hall–Kier alpha value is -3.03. The maximum atomic E-state index is 13.2. The lowest BCUT2D eigenvalue weighted by molar-refractivity contribution is -0.137. The number of nitrogens with zero attached hydrogens (tertiary/aromatic N) is 1. The topological polar surface area (TPSA) is 58.6 Å². The molecule has 0 spiro atoms. The zero-order chi connectivity index (χ0) is 20.8. The minimum Gasteiger partial charge on any atom is -0.482 e. The average Bonchev–Trinajstić information content (AvgIpc) is 3.52. The van der Waals surface area contributed by atoms with E-state index in [1.807, 2.05) is 0 Å². The van der Waals surface area contributed by atoms with Crippen LogP contribution in [-0.2, 0) is 11.0 Å². The highest BCUT2D eigenvalue weighted by molar-refractivity contribution is 6.00. The number of rotatable bonds is 4. The van der Waals surface area contributed by atoms with Crippen molar-refractivity contribution in [3.8, 4) is 5.75 Å². The van der Waals surface area contributed by atoms with Gasteiger partial charge in [-0.25, -0.2) is 0 Å². The summed E-state index contributed by atoms with van der Waals surface area (Å²) in [5.74, 6) is -0.122. The number of ether oxygens (including phenoxy) is 1. The summed E-state index contributed by atoms with van der Waals surface area (Å²) >= 11 is 0. The van der Waals surface area contributed by atoms with Crippen molar-refractivity contribution in [2.45, 2.75) is 38.0 Å². The quantitative estimate of drug-likeness (QED) is 0.822. The van der Waals surface area contributed by atoms with Crippen molar-refractivity contribution in [1.29, 1.82) is 0 Å². The van der Waals surface area contributed by atoms with Crippen molar-refractivity contribution in [2.24, 2.45) is 0 Å². The van der Waals surface area contributed by atoms with E-state index in [0.29, 0.717) is 22.6 Å². The Bertz CT molecular complexity index is 970. The molecule has 4 rings (SSSR count). The Kier molecular flexibility index (Phi) is 4.72. The summed E-state index contributed by atoms with van der Waals surface area (Å²) in [4.78, 5) is 26.4. The first kappa shape index (κ1) is 19.3. The molecular weight excluding hydrogens is 385 g/mol. The zero-order valence-corrected chi connectivity index (χ0v) is 15.6. The highest BCUT2D eigenvalue weighted by atomic mass is 19.4. The van der Waals surface area contributed by atoms with Gasteiger partial charge in [0.05, 0.1) is 17.3 Å². The lowest BCUT2D eigenvalue weighted by Crippen LogP contribution is -2.36. The number of nitrogens with one attached hydrogen (secondary N) is 1. The molecule has 2 aliphatic rings. The summed E-state index contributed by atoms with van der Waals surface area (Å²) in [5.41, 5.74) is 0.447. The molecule has 0 bridgehead atoms. The molecule has 0 aromatic heterocycles. The van der Waals surface area contributed by atoms with E-state index in [2.05, 4.69) is 5.32 Å². The monoisotopic (exact) mass is 404 g/mol. The molecule has 0 radical (unpaired) electrons. The van der Waals surface area contributed by atoms with Crippen molar-refractivity contribution in [3.05, 3.63) is 59.2 Å². The maximum Gasteiger partial charge on any atom is 0.416 e. The number of alkyl halides is 3. The second-order valence-electron chi connectivity index (χ2n) is 7.29. The molecule has 1 N–H and O–H groups in total. The molecule has 2 aromatic rings. The first-order chi connectivity index (χ1) is 13.7. The van der Waals surface area contributed by atoms with Crippen LogP contribution in [0.1, 0.15) is 47.3 Å². The fraction of sp³-hybridized carbons (Fsp3) is 0.333. The molecule has 1 atom stereocenters. The van der Waals surface area contributed by atoms with Crippen LogP contribution < -0.4 is 10.1 Å². The standard InChI is InChI=1S/C21H19F3N2O3/c1-12(13-3-2-4-15(9-13)21(22,23)24)26(16-6-7-16)20(28)14-5-8-18-17(10-14)25-19(27)11-29-18/h2-5,8-10,12,16H,6-7,11H2,1H3,(H,25,27). The summed E-state index contributed by atoms with van der Waals surface area (Å²) in [5, 5.41) is 2.66. The summed E-state index contributed by atoms with van der Waals surface area (Å²) in [6.45, 7) is 1.65. The molecule has 5 nitrogen and oxygen atoms in total. The molecule has 8 heteroatoms. The van der Waals surface area contributed by atoms with Gasteiger partial charge in [0.15, 0.2) is 6.61 Å². The SMILES string of the molecule is CC(c1cccc(C(F)(F)F)c1)N(C(=O)c1ccc2c(c1)NC(=O)CO2)C1CC1. The van der Waals surface area contributed by atoms with Gasteiger partial charge in [-0.3, -0.25) is 9.59 Å². The van der Waals surface area contributed by atoms with Crippen molar-refractivity contribution in [2.75, 3.05) is 11.9 Å². The van der Waals surface area contributed by atoms with Gasteiger partial charge < -0.3 is 15.0 Å². The third-order valence-electron chi connectivity index (χ3n) is 5.15.